The van der Waals surface area contributed by atoms with Gasteiger partial charge in [0.1, 0.15) is 0 Å². The monoisotopic (exact) mass is 205 g/mol. The van der Waals surface area contributed by atoms with Gasteiger partial charge in [0.2, 0.25) is 0 Å². The molecular weight excluding hydrogens is 182 g/mol. The average molecular weight is 206 g/mol. The van der Waals surface area contributed by atoms with Crippen molar-refractivity contribution in [1.29, 1.82) is 0 Å². The Morgan fingerprint density at radius 1 is 1.23 bits per heavy atom. The second-order valence-electron chi connectivity index (χ2n) is 4.03. The molecule has 0 heterocycles. The highest BCUT2D eigenvalue weighted by molar-refractivity contribution is 6.17. The lowest BCUT2D eigenvalue weighted by Crippen LogP contribution is -2.25. The molecule has 0 aromatic heterocycles. The molecule has 0 amide bonds. The molecule has 0 aromatic carbocycles. The molecule has 1 atom stereocenters. The lowest BCUT2D eigenvalue weighted by molar-refractivity contribution is 0.277. The minimum Gasteiger partial charge on any atom is -0.306 e. The van der Waals surface area contributed by atoms with Gasteiger partial charge >= 0.3 is 0 Å². The van der Waals surface area contributed by atoms with Crippen molar-refractivity contribution >= 4 is 11.6 Å². The number of rotatable bonds is 8. The van der Waals surface area contributed by atoms with Crippen molar-refractivity contribution in [3.8, 4) is 0 Å². The molecule has 0 rings (SSSR count). The summed E-state index contributed by atoms with van der Waals surface area (Å²) in [5.41, 5.74) is 0. The fourth-order valence-electron chi connectivity index (χ4n) is 1.41. The minimum atomic E-state index is 0.815. The van der Waals surface area contributed by atoms with Gasteiger partial charge in [0.25, 0.3) is 0 Å². The van der Waals surface area contributed by atoms with Gasteiger partial charge in [-0.15, -0.1) is 11.6 Å². The molecular formula is C11H24ClN. The van der Waals surface area contributed by atoms with Gasteiger partial charge in [0.15, 0.2) is 0 Å². The number of unbranched alkanes of at least 4 members (excludes halogenated alkanes) is 2. The molecule has 2 heteroatoms. The van der Waals surface area contributed by atoms with Crippen LogP contribution in [0.1, 0.15) is 39.5 Å². The summed E-state index contributed by atoms with van der Waals surface area (Å²) in [4.78, 5) is 2.43. The molecule has 0 saturated carbocycles. The van der Waals surface area contributed by atoms with Crippen molar-refractivity contribution in [1.82, 2.24) is 4.90 Å². The first-order valence-electron chi connectivity index (χ1n) is 5.45. The molecule has 1 unspecified atom stereocenters. The Morgan fingerprint density at radius 3 is 2.46 bits per heavy atom. The highest BCUT2D eigenvalue weighted by atomic mass is 35.5. The number of hydrogen-bond acceptors (Lipinski definition) is 1. The summed E-state index contributed by atoms with van der Waals surface area (Å²) in [5, 5.41) is 0. The first-order chi connectivity index (χ1) is 6.20. The third kappa shape index (κ3) is 8.58. The smallest absolute Gasteiger partial charge is 0.0223 e. The largest absolute Gasteiger partial charge is 0.306 e. The molecule has 0 radical (unpaired) electrons. The van der Waals surface area contributed by atoms with Crippen LogP contribution in [0.15, 0.2) is 0 Å². The lowest BCUT2D eigenvalue weighted by atomic mass is 10.1. The Labute approximate surface area is 88.5 Å². The van der Waals surface area contributed by atoms with E-state index in [0.29, 0.717) is 0 Å². The Bertz CT molecular complexity index is 106. The zero-order chi connectivity index (χ0) is 10.1. The number of nitrogens with zero attached hydrogens (tertiary/aromatic N) is 1. The summed E-state index contributed by atoms with van der Waals surface area (Å²) < 4.78 is 0. The highest BCUT2D eigenvalue weighted by Gasteiger charge is 2.03. The van der Waals surface area contributed by atoms with Crippen LogP contribution in [0.5, 0.6) is 0 Å². The Kier molecular flexibility index (Phi) is 9.00. The molecule has 0 fully saturated rings. The summed E-state index contributed by atoms with van der Waals surface area (Å²) in [6.45, 7) is 7.03. The fourth-order valence-corrected chi connectivity index (χ4v) is 1.59. The molecule has 0 N–H and O–H groups in total. The van der Waals surface area contributed by atoms with Crippen LogP contribution in [0, 0.1) is 5.92 Å². The second kappa shape index (κ2) is 8.83. The predicted octanol–water partition coefficient (Wildman–Crippen LogP) is 3.37. The Balaban J connectivity index is 3.24. The van der Waals surface area contributed by atoms with Gasteiger partial charge in [-0.05, 0) is 32.4 Å². The highest BCUT2D eigenvalue weighted by Crippen LogP contribution is 2.04. The van der Waals surface area contributed by atoms with E-state index < -0.39 is 0 Å². The summed E-state index contributed by atoms with van der Waals surface area (Å²) >= 11 is 5.61. The Morgan fingerprint density at radius 2 is 1.92 bits per heavy atom. The van der Waals surface area contributed by atoms with Crippen molar-refractivity contribution in [3.05, 3.63) is 0 Å². The maximum Gasteiger partial charge on any atom is 0.0223 e. The average Bonchev–Trinajstić information content (AvgIpc) is 2.12. The van der Waals surface area contributed by atoms with Crippen LogP contribution in [-0.4, -0.2) is 30.9 Å². The van der Waals surface area contributed by atoms with Crippen molar-refractivity contribution in [3.63, 3.8) is 0 Å². The zero-order valence-corrected chi connectivity index (χ0v) is 10.1. The van der Waals surface area contributed by atoms with Crippen molar-refractivity contribution in [2.45, 2.75) is 39.5 Å². The first kappa shape index (κ1) is 13.2. The fraction of sp³-hybridized carbons (Fsp3) is 1.00. The molecule has 0 saturated heterocycles. The molecule has 80 valence electrons. The summed E-state index contributed by atoms with van der Waals surface area (Å²) in [7, 11) is 2.22. The molecule has 0 aromatic rings. The van der Waals surface area contributed by atoms with Gasteiger partial charge < -0.3 is 4.90 Å². The van der Waals surface area contributed by atoms with Crippen LogP contribution in [0.4, 0.5) is 0 Å². The number of halogens is 1. The maximum absolute atomic E-state index is 5.61. The summed E-state index contributed by atoms with van der Waals surface area (Å²) in [6.07, 6.45) is 5.01. The minimum absolute atomic E-state index is 0.815. The van der Waals surface area contributed by atoms with E-state index in [1.807, 2.05) is 0 Å². The maximum atomic E-state index is 5.61. The van der Waals surface area contributed by atoms with Gasteiger partial charge in [-0.3, -0.25) is 0 Å². The van der Waals surface area contributed by atoms with Crippen LogP contribution in [-0.2, 0) is 0 Å². The van der Waals surface area contributed by atoms with Gasteiger partial charge in [0.05, 0.1) is 0 Å². The number of hydrogen-bond donors (Lipinski definition) is 0. The van der Waals surface area contributed by atoms with E-state index in [1.165, 1.54) is 38.8 Å². The van der Waals surface area contributed by atoms with Gasteiger partial charge in [0, 0.05) is 12.4 Å². The van der Waals surface area contributed by atoms with Crippen LogP contribution in [0.3, 0.4) is 0 Å². The van der Waals surface area contributed by atoms with E-state index in [9.17, 15) is 0 Å². The van der Waals surface area contributed by atoms with Crippen LogP contribution < -0.4 is 0 Å². The van der Waals surface area contributed by atoms with Gasteiger partial charge in [-0.25, -0.2) is 0 Å². The topological polar surface area (TPSA) is 3.24 Å². The lowest BCUT2D eigenvalue weighted by Gasteiger charge is -2.20. The van der Waals surface area contributed by atoms with E-state index in [4.69, 9.17) is 11.6 Å². The molecule has 1 nitrogen and oxygen atoms in total. The van der Waals surface area contributed by atoms with Crippen LogP contribution >= 0.6 is 11.6 Å². The SMILES string of the molecule is CCC(C)CN(C)CCCCCCl. The molecule has 0 aliphatic rings. The van der Waals surface area contributed by atoms with E-state index in [-0.39, 0.29) is 0 Å². The quantitative estimate of drug-likeness (QED) is 0.434. The van der Waals surface area contributed by atoms with Crippen molar-refractivity contribution < 1.29 is 0 Å². The van der Waals surface area contributed by atoms with E-state index >= 15 is 0 Å². The zero-order valence-electron chi connectivity index (χ0n) is 9.35. The first-order valence-corrected chi connectivity index (χ1v) is 5.98. The molecule has 0 aliphatic carbocycles. The third-order valence-electron chi connectivity index (χ3n) is 2.49. The summed E-state index contributed by atoms with van der Waals surface area (Å²) in [6, 6.07) is 0. The normalized spacial score (nSPS) is 13.6. The van der Waals surface area contributed by atoms with Crippen LogP contribution in [0.25, 0.3) is 0 Å². The Hall–Kier alpha value is 0.250. The third-order valence-corrected chi connectivity index (χ3v) is 2.76. The number of alkyl halides is 1. The summed E-state index contributed by atoms with van der Waals surface area (Å²) in [5.74, 6) is 1.65. The van der Waals surface area contributed by atoms with Crippen molar-refractivity contribution in [2.24, 2.45) is 5.92 Å². The predicted molar refractivity (Wildman–Crippen MR) is 61.5 cm³/mol. The molecule has 13 heavy (non-hydrogen) atoms. The van der Waals surface area contributed by atoms with Crippen molar-refractivity contribution in [2.75, 3.05) is 26.0 Å². The van der Waals surface area contributed by atoms with E-state index in [0.717, 1.165) is 11.8 Å². The van der Waals surface area contributed by atoms with E-state index in [1.54, 1.807) is 0 Å². The van der Waals surface area contributed by atoms with Gasteiger partial charge in [-0.1, -0.05) is 26.7 Å². The molecule has 0 spiro atoms. The second-order valence-corrected chi connectivity index (χ2v) is 4.40. The van der Waals surface area contributed by atoms with Gasteiger partial charge in [-0.2, -0.15) is 0 Å². The van der Waals surface area contributed by atoms with Crippen LogP contribution in [0.2, 0.25) is 0 Å². The molecule has 0 bridgehead atoms. The molecule has 0 aliphatic heterocycles. The standard InChI is InChI=1S/C11H24ClN/c1-4-11(2)10-13(3)9-7-5-6-8-12/h11H,4-10H2,1-3H3. The van der Waals surface area contributed by atoms with E-state index in [2.05, 4.69) is 25.8 Å².